The minimum Gasteiger partial charge on any atom is -0.465 e. The highest BCUT2D eigenvalue weighted by atomic mass is 32.2. The lowest BCUT2D eigenvalue weighted by atomic mass is 9.81. The molecule has 2 aromatic carbocycles. The maximum atomic E-state index is 13.1. The second-order valence-corrected chi connectivity index (χ2v) is 8.86. The lowest BCUT2D eigenvalue weighted by Gasteiger charge is -2.33. The Morgan fingerprint density at radius 3 is 2.14 bits per heavy atom. The fraction of sp³-hybridized carbons (Fsp3) is 0.273. The molecular weight excluding hydrogens is 390 g/mol. The summed E-state index contributed by atoms with van der Waals surface area (Å²) in [6.45, 7) is 3.24. The summed E-state index contributed by atoms with van der Waals surface area (Å²) >= 11 is 0. The van der Waals surface area contributed by atoms with Crippen LogP contribution in [-0.2, 0) is 24.2 Å². The zero-order valence-corrected chi connectivity index (χ0v) is 17.1. The minimum absolute atomic E-state index is 0.0819. The van der Waals surface area contributed by atoms with Crippen molar-refractivity contribution in [2.75, 3.05) is 12.4 Å². The van der Waals surface area contributed by atoms with Crippen molar-refractivity contribution in [2.45, 2.75) is 19.8 Å². The van der Waals surface area contributed by atoms with Crippen LogP contribution in [0.15, 0.2) is 65.6 Å². The van der Waals surface area contributed by atoms with Crippen molar-refractivity contribution in [2.24, 2.45) is 5.92 Å². The topological polar surface area (TPSA) is 89.5 Å². The summed E-state index contributed by atoms with van der Waals surface area (Å²) in [5, 5.41) is 2.75. The highest BCUT2D eigenvalue weighted by molar-refractivity contribution is 7.95. The van der Waals surface area contributed by atoms with E-state index in [1.807, 2.05) is 0 Å². The second kappa shape index (κ2) is 8.61. The zero-order chi connectivity index (χ0) is 21.0. The summed E-state index contributed by atoms with van der Waals surface area (Å²) in [7, 11) is -3.83. The fourth-order valence-electron chi connectivity index (χ4n) is 3.52. The van der Waals surface area contributed by atoms with Gasteiger partial charge in [0.15, 0.2) is 9.84 Å². The van der Waals surface area contributed by atoms with Gasteiger partial charge in [-0.15, -0.1) is 0 Å². The Kier molecular flexibility index (Phi) is 6.17. The molecule has 1 N–H and O–H groups in total. The second-order valence-electron chi connectivity index (χ2n) is 6.62. The summed E-state index contributed by atoms with van der Waals surface area (Å²) in [6.07, 6.45) is 0. The van der Waals surface area contributed by atoms with Crippen molar-refractivity contribution in [1.82, 2.24) is 5.32 Å². The first kappa shape index (κ1) is 20.8. The Labute approximate surface area is 170 Å². The van der Waals surface area contributed by atoms with E-state index < -0.39 is 33.5 Å². The molecule has 0 saturated carbocycles. The maximum absolute atomic E-state index is 13.1. The van der Waals surface area contributed by atoms with Crippen LogP contribution in [0.25, 0.3) is 5.70 Å². The number of sulfone groups is 1. The number of amides is 1. The Balaban J connectivity index is 2.32. The van der Waals surface area contributed by atoms with Gasteiger partial charge in [-0.25, -0.2) is 8.42 Å². The van der Waals surface area contributed by atoms with Gasteiger partial charge in [-0.3, -0.25) is 9.59 Å². The Bertz CT molecular complexity index is 1030. The lowest BCUT2D eigenvalue weighted by Crippen LogP contribution is -2.45. The van der Waals surface area contributed by atoms with E-state index in [0.717, 1.165) is 0 Å². The minimum atomic E-state index is -3.83. The number of nitrogens with one attached hydrogen (secondary N) is 1. The molecule has 152 valence electrons. The van der Waals surface area contributed by atoms with Crippen molar-refractivity contribution >= 4 is 27.4 Å². The molecule has 0 aliphatic carbocycles. The molecule has 1 amide bonds. The first-order valence-corrected chi connectivity index (χ1v) is 11.1. The Hall–Kier alpha value is -2.93. The number of esters is 1. The van der Waals surface area contributed by atoms with Gasteiger partial charge in [-0.2, -0.15) is 0 Å². The zero-order valence-electron chi connectivity index (χ0n) is 16.3. The molecule has 6 nitrogen and oxygen atoms in total. The molecule has 7 heteroatoms. The lowest BCUT2D eigenvalue weighted by molar-refractivity contribution is -0.149. The quantitative estimate of drug-likeness (QED) is 0.736. The van der Waals surface area contributed by atoms with Gasteiger partial charge in [0.05, 0.1) is 28.9 Å². The predicted octanol–water partition coefficient (Wildman–Crippen LogP) is 2.88. The number of hydrogen-bond acceptors (Lipinski definition) is 5. The average molecular weight is 413 g/mol. The van der Waals surface area contributed by atoms with Gasteiger partial charge in [0, 0.05) is 0 Å². The molecule has 0 spiro atoms. The molecule has 1 heterocycles. The third-order valence-corrected chi connectivity index (χ3v) is 6.76. The first-order valence-electron chi connectivity index (χ1n) is 9.45. The number of carbonyl (C=O) groups is 2. The van der Waals surface area contributed by atoms with Crippen molar-refractivity contribution in [3.63, 3.8) is 0 Å². The van der Waals surface area contributed by atoms with Crippen LogP contribution in [0.3, 0.4) is 0 Å². The van der Waals surface area contributed by atoms with Gasteiger partial charge in [0.1, 0.15) is 5.92 Å². The van der Waals surface area contributed by atoms with E-state index in [2.05, 4.69) is 5.32 Å². The molecule has 2 aromatic rings. The summed E-state index contributed by atoms with van der Waals surface area (Å²) in [4.78, 5) is 26.0. The van der Waals surface area contributed by atoms with Crippen molar-refractivity contribution in [1.29, 1.82) is 0 Å². The molecule has 0 fully saturated rings. The van der Waals surface area contributed by atoms with E-state index in [0.29, 0.717) is 11.1 Å². The smallest absolute Gasteiger partial charge is 0.315 e. The molecule has 0 aromatic heterocycles. The molecule has 0 saturated heterocycles. The summed E-state index contributed by atoms with van der Waals surface area (Å²) in [6, 6.07) is 17.4. The molecule has 0 bridgehead atoms. The molecular formula is C22H23NO5S. The molecule has 1 aliphatic rings. The van der Waals surface area contributed by atoms with Crippen LogP contribution in [0.5, 0.6) is 0 Å². The number of rotatable bonds is 6. The largest absolute Gasteiger partial charge is 0.465 e. The summed E-state index contributed by atoms with van der Waals surface area (Å²) < 4.78 is 31.5. The van der Waals surface area contributed by atoms with E-state index in [4.69, 9.17) is 4.74 Å². The third kappa shape index (κ3) is 4.10. The number of hydrogen-bond donors (Lipinski definition) is 1. The van der Waals surface area contributed by atoms with Gasteiger partial charge in [0.25, 0.3) is 0 Å². The van der Waals surface area contributed by atoms with Crippen LogP contribution in [-0.4, -0.2) is 32.7 Å². The fourth-order valence-corrected chi connectivity index (χ4v) is 4.93. The van der Waals surface area contributed by atoms with Crippen molar-refractivity contribution < 1.29 is 22.7 Å². The number of ether oxygens (including phenoxy) is 1. The van der Waals surface area contributed by atoms with Gasteiger partial charge < -0.3 is 10.1 Å². The van der Waals surface area contributed by atoms with E-state index in [9.17, 15) is 18.0 Å². The Morgan fingerprint density at radius 1 is 1.00 bits per heavy atom. The Morgan fingerprint density at radius 2 is 1.59 bits per heavy atom. The highest BCUT2D eigenvalue weighted by Crippen LogP contribution is 2.41. The van der Waals surface area contributed by atoms with Gasteiger partial charge in [0.2, 0.25) is 5.91 Å². The van der Waals surface area contributed by atoms with E-state index in [-0.39, 0.29) is 23.0 Å². The molecule has 2 unspecified atom stereocenters. The number of benzene rings is 2. The van der Waals surface area contributed by atoms with Crippen molar-refractivity contribution in [3.05, 3.63) is 76.7 Å². The van der Waals surface area contributed by atoms with E-state index in [1.54, 1.807) is 67.6 Å². The number of carbonyl (C=O) groups excluding carboxylic acids is 2. The van der Waals surface area contributed by atoms with Gasteiger partial charge >= 0.3 is 5.97 Å². The SMILES string of the molecule is CCOC(=O)C1C(S(=O)(=O)CC)=C(c2ccccc2)NC(=O)C1c1ccccc1. The summed E-state index contributed by atoms with van der Waals surface area (Å²) in [5.74, 6) is -3.63. The van der Waals surface area contributed by atoms with Crippen LogP contribution in [0.4, 0.5) is 0 Å². The van der Waals surface area contributed by atoms with Crippen molar-refractivity contribution in [3.8, 4) is 0 Å². The first-order chi connectivity index (χ1) is 13.9. The molecule has 2 atom stereocenters. The van der Waals surface area contributed by atoms with Crippen LogP contribution in [0.2, 0.25) is 0 Å². The van der Waals surface area contributed by atoms with Crippen LogP contribution in [0.1, 0.15) is 30.9 Å². The predicted molar refractivity (Wildman–Crippen MR) is 110 cm³/mol. The van der Waals surface area contributed by atoms with Gasteiger partial charge in [-0.05, 0) is 18.1 Å². The normalized spacial score (nSPS) is 19.6. The van der Waals surface area contributed by atoms with E-state index in [1.165, 1.54) is 6.92 Å². The third-order valence-electron chi connectivity index (χ3n) is 4.87. The maximum Gasteiger partial charge on any atom is 0.315 e. The molecule has 29 heavy (non-hydrogen) atoms. The van der Waals surface area contributed by atoms with E-state index >= 15 is 0 Å². The average Bonchev–Trinajstić information content (AvgIpc) is 2.74. The van der Waals surface area contributed by atoms with Crippen LogP contribution < -0.4 is 5.32 Å². The van der Waals surface area contributed by atoms with Crippen LogP contribution in [0, 0.1) is 5.92 Å². The standard InChI is InChI=1S/C22H23NO5S/c1-3-28-22(25)18-17(15-11-7-5-8-12-15)21(24)23-19(16-13-9-6-10-14-16)20(18)29(26,27)4-2/h5-14,17-18H,3-4H2,1-2H3,(H,23,24). The summed E-state index contributed by atoms with van der Waals surface area (Å²) in [5.41, 5.74) is 1.22. The monoisotopic (exact) mass is 413 g/mol. The molecule has 3 rings (SSSR count). The molecule has 1 aliphatic heterocycles. The molecule has 0 radical (unpaired) electrons. The highest BCUT2D eigenvalue weighted by Gasteiger charge is 2.48. The van der Waals surface area contributed by atoms with Crippen LogP contribution >= 0.6 is 0 Å². The van der Waals surface area contributed by atoms with Gasteiger partial charge in [-0.1, -0.05) is 67.6 Å².